The number of para-hydroxylation sites is 2. The number of fused-ring (bicyclic) bond motifs is 1. The van der Waals surface area contributed by atoms with Crippen molar-refractivity contribution in [3.8, 4) is 0 Å². The molecule has 0 bridgehead atoms. The molecule has 0 radical (unpaired) electrons. The Balaban J connectivity index is 1.74. The molecule has 4 aromatic rings. The zero-order chi connectivity index (χ0) is 22.1. The summed E-state index contributed by atoms with van der Waals surface area (Å²) in [5.74, 6) is -0.0489. The van der Waals surface area contributed by atoms with Gasteiger partial charge in [-0.1, -0.05) is 89.9 Å². The number of halogens is 2. The van der Waals surface area contributed by atoms with E-state index in [0.29, 0.717) is 22.2 Å². The molecule has 1 heterocycles. The maximum atomic E-state index is 13.8. The molecule has 3 nitrogen and oxygen atoms in total. The van der Waals surface area contributed by atoms with Crippen molar-refractivity contribution in [3.05, 3.63) is 130 Å². The first-order valence-electron chi connectivity index (χ1n) is 10.4. The van der Waals surface area contributed by atoms with Crippen molar-refractivity contribution >= 4 is 40.5 Å². The van der Waals surface area contributed by atoms with Crippen LogP contribution in [0.4, 0.5) is 11.4 Å². The lowest BCUT2D eigenvalue weighted by molar-refractivity contribution is 0.0968. The number of carbonyl (C=O) groups is 1. The van der Waals surface area contributed by atoms with E-state index in [-0.39, 0.29) is 5.91 Å². The van der Waals surface area contributed by atoms with Crippen molar-refractivity contribution < 1.29 is 4.79 Å². The van der Waals surface area contributed by atoms with Gasteiger partial charge in [-0.15, -0.1) is 0 Å². The molecule has 0 saturated heterocycles. The Labute approximate surface area is 197 Å². The molecule has 1 aliphatic heterocycles. The van der Waals surface area contributed by atoms with Crippen LogP contribution in [0.15, 0.2) is 103 Å². The second kappa shape index (κ2) is 8.70. The predicted octanol–water partition coefficient (Wildman–Crippen LogP) is 7.36. The fourth-order valence-corrected chi connectivity index (χ4v) is 4.52. The first kappa shape index (κ1) is 20.6. The molecule has 0 fully saturated rings. The van der Waals surface area contributed by atoms with Crippen LogP contribution in [-0.2, 0) is 6.54 Å². The summed E-state index contributed by atoms with van der Waals surface area (Å²) in [4.78, 5) is 17.9. The lowest BCUT2D eigenvalue weighted by Crippen LogP contribution is -2.49. The minimum absolute atomic E-state index is 0.0489. The molecule has 0 unspecified atom stereocenters. The number of nitrogens with zero attached hydrogens (tertiary/aromatic N) is 2. The van der Waals surface area contributed by atoms with Crippen LogP contribution in [0.2, 0.25) is 10.0 Å². The number of amides is 1. The number of hydrogen-bond acceptors (Lipinski definition) is 2. The van der Waals surface area contributed by atoms with E-state index in [4.69, 9.17) is 23.2 Å². The lowest BCUT2D eigenvalue weighted by Gasteiger charge is -2.46. The highest BCUT2D eigenvalue weighted by atomic mass is 35.5. The van der Waals surface area contributed by atoms with Crippen molar-refractivity contribution in [2.24, 2.45) is 0 Å². The molecule has 0 aromatic heterocycles. The Kier molecular flexibility index (Phi) is 5.60. The number of benzene rings is 4. The Morgan fingerprint density at radius 1 is 0.719 bits per heavy atom. The molecule has 5 rings (SSSR count). The summed E-state index contributed by atoms with van der Waals surface area (Å²) >= 11 is 12.6. The molecule has 1 atom stereocenters. The Hall–Kier alpha value is -3.27. The molecule has 1 amide bonds. The van der Waals surface area contributed by atoms with Gasteiger partial charge in [-0.2, -0.15) is 0 Å². The van der Waals surface area contributed by atoms with E-state index >= 15 is 0 Å². The van der Waals surface area contributed by atoms with Crippen LogP contribution in [0, 0.1) is 0 Å². The van der Waals surface area contributed by atoms with Crippen molar-refractivity contribution in [3.63, 3.8) is 0 Å². The minimum Gasteiger partial charge on any atom is -0.342 e. The number of hydrogen-bond donors (Lipinski definition) is 0. The topological polar surface area (TPSA) is 23.6 Å². The Morgan fingerprint density at radius 2 is 1.38 bits per heavy atom. The van der Waals surface area contributed by atoms with Gasteiger partial charge in [0.25, 0.3) is 5.91 Å². The van der Waals surface area contributed by atoms with Crippen LogP contribution in [0.3, 0.4) is 0 Å². The van der Waals surface area contributed by atoms with E-state index in [2.05, 4.69) is 17.0 Å². The van der Waals surface area contributed by atoms with Crippen molar-refractivity contribution in [2.75, 3.05) is 9.80 Å². The molecule has 0 aliphatic carbocycles. The first-order valence-corrected chi connectivity index (χ1v) is 11.1. The van der Waals surface area contributed by atoms with Crippen LogP contribution in [0.1, 0.15) is 27.7 Å². The maximum absolute atomic E-state index is 13.8. The largest absolute Gasteiger partial charge is 0.342 e. The van der Waals surface area contributed by atoms with Gasteiger partial charge in [0.2, 0.25) is 0 Å². The highest BCUT2D eigenvalue weighted by molar-refractivity contribution is 6.42. The van der Waals surface area contributed by atoms with Crippen LogP contribution in [0.5, 0.6) is 0 Å². The van der Waals surface area contributed by atoms with Crippen LogP contribution < -0.4 is 9.80 Å². The molecule has 158 valence electrons. The van der Waals surface area contributed by atoms with Crippen LogP contribution in [0.25, 0.3) is 0 Å². The molecule has 4 aromatic carbocycles. The smallest absolute Gasteiger partial charge is 0.262 e. The summed E-state index contributed by atoms with van der Waals surface area (Å²) in [6.45, 7) is 0.624. The van der Waals surface area contributed by atoms with Crippen LogP contribution in [-0.4, -0.2) is 5.91 Å². The maximum Gasteiger partial charge on any atom is 0.262 e. The van der Waals surface area contributed by atoms with E-state index in [9.17, 15) is 4.79 Å². The molecule has 0 N–H and O–H groups in total. The third-order valence-electron chi connectivity index (χ3n) is 5.67. The summed E-state index contributed by atoms with van der Waals surface area (Å²) in [6, 6.07) is 33.3. The number of anilines is 2. The van der Waals surface area contributed by atoms with Gasteiger partial charge in [-0.25, -0.2) is 0 Å². The second-order valence-corrected chi connectivity index (χ2v) is 8.50. The highest BCUT2D eigenvalue weighted by Gasteiger charge is 2.39. The molecule has 5 heteroatoms. The van der Waals surface area contributed by atoms with Gasteiger partial charge in [0.1, 0.15) is 6.17 Å². The average molecular weight is 459 g/mol. The van der Waals surface area contributed by atoms with E-state index in [1.165, 1.54) is 0 Å². The summed E-state index contributed by atoms with van der Waals surface area (Å²) in [5, 5.41) is 0.946. The van der Waals surface area contributed by atoms with E-state index in [1.807, 2.05) is 89.8 Å². The average Bonchev–Trinajstić information content (AvgIpc) is 2.84. The SMILES string of the molecule is O=C1c2ccccc2N(Cc2ccccc2)[C@H](c2ccc(Cl)c(Cl)c2)N1c1ccccc1. The zero-order valence-corrected chi connectivity index (χ0v) is 18.7. The molecule has 32 heavy (non-hydrogen) atoms. The Morgan fingerprint density at radius 3 is 2.09 bits per heavy atom. The summed E-state index contributed by atoms with van der Waals surface area (Å²) in [6.07, 6.45) is -0.394. The zero-order valence-electron chi connectivity index (χ0n) is 17.2. The molecule has 0 saturated carbocycles. The van der Waals surface area contributed by atoms with Gasteiger partial charge in [0.15, 0.2) is 0 Å². The third kappa shape index (κ3) is 3.75. The normalized spacial score (nSPS) is 15.6. The fourth-order valence-electron chi connectivity index (χ4n) is 4.22. The van der Waals surface area contributed by atoms with Crippen molar-refractivity contribution in [2.45, 2.75) is 12.7 Å². The third-order valence-corrected chi connectivity index (χ3v) is 6.41. The summed E-state index contributed by atoms with van der Waals surface area (Å²) in [7, 11) is 0. The summed E-state index contributed by atoms with van der Waals surface area (Å²) < 4.78 is 0. The predicted molar refractivity (Wildman–Crippen MR) is 132 cm³/mol. The fraction of sp³-hybridized carbons (Fsp3) is 0.0741. The lowest BCUT2D eigenvalue weighted by atomic mass is 9.99. The number of rotatable bonds is 4. The number of carbonyl (C=O) groups excluding carboxylic acids is 1. The van der Waals surface area contributed by atoms with E-state index in [1.54, 1.807) is 6.07 Å². The first-order chi connectivity index (χ1) is 15.6. The van der Waals surface area contributed by atoms with Gasteiger partial charge in [0.05, 0.1) is 21.3 Å². The summed E-state index contributed by atoms with van der Waals surface area (Å²) in [5.41, 5.74) is 4.42. The van der Waals surface area contributed by atoms with E-state index in [0.717, 1.165) is 22.5 Å². The van der Waals surface area contributed by atoms with Gasteiger partial charge < -0.3 is 4.90 Å². The minimum atomic E-state index is -0.394. The van der Waals surface area contributed by atoms with Crippen molar-refractivity contribution in [1.29, 1.82) is 0 Å². The molecular formula is C27H20Cl2N2O. The quantitative estimate of drug-likeness (QED) is 0.318. The van der Waals surface area contributed by atoms with E-state index < -0.39 is 6.17 Å². The Bertz CT molecular complexity index is 1260. The van der Waals surface area contributed by atoms with Crippen molar-refractivity contribution in [1.82, 2.24) is 0 Å². The monoisotopic (exact) mass is 458 g/mol. The molecular weight excluding hydrogens is 439 g/mol. The van der Waals surface area contributed by atoms with Crippen LogP contribution >= 0.6 is 23.2 Å². The van der Waals surface area contributed by atoms with Gasteiger partial charge in [-0.05, 0) is 47.5 Å². The molecule has 1 aliphatic rings. The standard InChI is InChI=1S/C27H20Cl2N2O/c28-23-16-15-20(17-24(23)29)26-30(18-19-9-3-1-4-10-19)25-14-8-7-13-22(25)27(32)31(26)21-11-5-2-6-12-21/h1-17,26H,18H2/t26-/m0/s1. The van der Waals surface area contributed by atoms with Gasteiger partial charge in [-0.3, -0.25) is 9.69 Å². The highest BCUT2D eigenvalue weighted by Crippen LogP contribution is 2.43. The van der Waals surface area contributed by atoms with Gasteiger partial charge in [0, 0.05) is 12.2 Å². The molecule has 0 spiro atoms. The van der Waals surface area contributed by atoms with Gasteiger partial charge >= 0.3 is 0 Å². The second-order valence-electron chi connectivity index (χ2n) is 7.69.